The number of hydrogen-bond acceptors (Lipinski definition) is 3. The lowest BCUT2D eigenvalue weighted by molar-refractivity contribution is 1.06. The molecule has 10 rings (SSSR count). The molecule has 2 aromatic heterocycles. The first kappa shape index (κ1) is 27.9. The number of benzene rings is 7. The van der Waals surface area contributed by atoms with Crippen molar-refractivity contribution in [3.05, 3.63) is 158 Å². The summed E-state index contributed by atoms with van der Waals surface area (Å²) in [7, 11) is 0. The van der Waals surface area contributed by atoms with Crippen molar-refractivity contribution in [3.63, 3.8) is 0 Å². The zero-order valence-corrected chi connectivity index (χ0v) is 25.3. The van der Waals surface area contributed by atoms with Crippen LogP contribution in [0.2, 0.25) is 0 Å². The van der Waals surface area contributed by atoms with Crippen molar-refractivity contribution in [3.8, 4) is 62.1 Å². The van der Waals surface area contributed by atoms with Gasteiger partial charge < -0.3 is 4.57 Å². The van der Waals surface area contributed by atoms with Gasteiger partial charge in [-0.05, 0) is 57.3 Å². The molecule has 0 spiro atoms. The molecule has 0 unspecified atom stereocenters. The molecule has 0 saturated carbocycles. The van der Waals surface area contributed by atoms with E-state index in [9.17, 15) is 0 Å². The summed E-state index contributed by atoms with van der Waals surface area (Å²) in [6.07, 6.45) is 0. The van der Waals surface area contributed by atoms with Crippen LogP contribution in [-0.2, 0) is 0 Å². The summed E-state index contributed by atoms with van der Waals surface area (Å²) in [5.74, 6) is 1.93. The van der Waals surface area contributed by atoms with Crippen LogP contribution < -0.4 is 0 Å². The van der Waals surface area contributed by atoms with E-state index in [1.807, 2.05) is 60.7 Å². The number of hydrogen-bond donors (Lipinski definition) is 0. The lowest BCUT2D eigenvalue weighted by Gasteiger charge is -2.16. The number of nitrogens with zero attached hydrogens (tertiary/aromatic N) is 4. The molecular weight excluding hydrogens is 585 g/mol. The van der Waals surface area contributed by atoms with E-state index >= 15 is 0 Å². The van der Waals surface area contributed by atoms with Crippen LogP contribution in [-0.4, -0.2) is 19.5 Å². The standard InChI is InChI=1S/C43H26N4.CH4/c1-3-13-28(14-4-1)41-44-42(29-15-5-2-6-16-29)46-43(45-41)34-20-9-10-23-35(34)47-36-24-12-22-33-31-19-8-7-18-30(31)32-21-11-17-27-25-26-37(47)40(38(27)32)39(33)36;/h1-26H;1H4. The summed E-state index contributed by atoms with van der Waals surface area (Å²) >= 11 is 0. The van der Waals surface area contributed by atoms with E-state index in [-0.39, 0.29) is 7.43 Å². The fourth-order valence-corrected chi connectivity index (χ4v) is 7.37. The van der Waals surface area contributed by atoms with Gasteiger partial charge in [0.25, 0.3) is 0 Å². The highest BCUT2D eigenvalue weighted by molar-refractivity contribution is 6.30. The van der Waals surface area contributed by atoms with Gasteiger partial charge in [0, 0.05) is 27.5 Å². The number of aromatic nitrogens is 4. The van der Waals surface area contributed by atoms with E-state index < -0.39 is 0 Å². The molecule has 0 atom stereocenters. The summed E-state index contributed by atoms with van der Waals surface area (Å²) in [5, 5.41) is 5.08. The van der Waals surface area contributed by atoms with Gasteiger partial charge in [-0.25, -0.2) is 15.0 Å². The molecule has 0 amide bonds. The first-order chi connectivity index (χ1) is 23.3. The van der Waals surface area contributed by atoms with Crippen LogP contribution in [0.15, 0.2) is 158 Å². The monoisotopic (exact) mass is 614 g/mol. The Bertz CT molecular complexity index is 2620. The number of rotatable bonds is 4. The smallest absolute Gasteiger partial charge is 0.166 e. The molecule has 4 heteroatoms. The van der Waals surface area contributed by atoms with Gasteiger partial charge in [0.1, 0.15) is 0 Å². The molecule has 0 saturated heterocycles. The zero-order chi connectivity index (χ0) is 30.9. The summed E-state index contributed by atoms with van der Waals surface area (Å²) < 4.78 is 2.40. The second-order valence-corrected chi connectivity index (χ2v) is 12.0. The summed E-state index contributed by atoms with van der Waals surface area (Å²) in [5.41, 5.74) is 11.2. The fourth-order valence-electron chi connectivity index (χ4n) is 7.37. The van der Waals surface area contributed by atoms with Crippen molar-refractivity contribution < 1.29 is 0 Å². The molecule has 1 aliphatic carbocycles. The predicted octanol–water partition coefficient (Wildman–Crippen LogP) is 11.4. The summed E-state index contributed by atoms with van der Waals surface area (Å²) in [6, 6.07) is 55.5. The molecule has 0 radical (unpaired) electrons. The van der Waals surface area contributed by atoms with E-state index in [2.05, 4.69) is 102 Å². The van der Waals surface area contributed by atoms with Crippen molar-refractivity contribution in [2.24, 2.45) is 0 Å². The van der Waals surface area contributed by atoms with E-state index in [0.29, 0.717) is 17.5 Å². The molecule has 9 aromatic rings. The Morgan fingerprint density at radius 3 is 1.50 bits per heavy atom. The Labute approximate surface area is 278 Å². The average molecular weight is 615 g/mol. The Hall–Kier alpha value is -6.39. The normalized spacial score (nSPS) is 11.6. The van der Waals surface area contributed by atoms with Crippen molar-refractivity contribution in [2.75, 3.05) is 0 Å². The van der Waals surface area contributed by atoms with Gasteiger partial charge in [-0.15, -0.1) is 0 Å². The van der Waals surface area contributed by atoms with Crippen LogP contribution >= 0.6 is 0 Å². The van der Waals surface area contributed by atoms with Gasteiger partial charge in [-0.1, -0.05) is 141 Å². The molecule has 4 nitrogen and oxygen atoms in total. The molecule has 1 aliphatic rings. The molecule has 7 aromatic carbocycles. The molecule has 0 N–H and O–H groups in total. The topological polar surface area (TPSA) is 43.6 Å². The fraction of sp³-hybridized carbons (Fsp3) is 0.0227. The van der Waals surface area contributed by atoms with E-state index in [4.69, 9.17) is 15.0 Å². The first-order valence-electron chi connectivity index (χ1n) is 15.9. The van der Waals surface area contributed by atoms with E-state index in [1.54, 1.807) is 0 Å². The largest absolute Gasteiger partial charge is 0.308 e. The minimum atomic E-state index is 0. The maximum absolute atomic E-state index is 5.12. The molecule has 0 aliphatic heterocycles. The number of para-hydroxylation sites is 1. The molecular formula is C44H30N4. The van der Waals surface area contributed by atoms with Crippen molar-refractivity contribution in [2.45, 2.75) is 7.43 Å². The Balaban J connectivity index is 0.00000314. The summed E-state index contributed by atoms with van der Waals surface area (Å²) in [4.78, 5) is 15.2. The summed E-state index contributed by atoms with van der Waals surface area (Å²) in [6.45, 7) is 0. The van der Waals surface area contributed by atoms with Gasteiger partial charge in [0.05, 0.1) is 16.7 Å². The second kappa shape index (κ2) is 10.9. The maximum atomic E-state index is 5.12. The van der Waals surface area contributed by atoms with Gasteiger partial charge >= 0.3 is 0 Å². The third-order valence-electron chi connectivity index (χ3n) is 9.39. The van der Waals surface area contributed by atoms with Gasteiger partial charge in [0.15, 0.2) is 17.5 Å². The molecule has 226 valence electrons. The zero-order valence-electron chi connectivity index (χ0n) is 25.3. The average Bonchev–Trinajstić information content (AvgIpc) is 3.43. The van der Waals surface area contributed by atoms with Crippen molar-refractivity contribution in [1.82, 2.24) is 19.5 Å². The Morgan fingerprint density at radius 1 is 0.333 bits per heavy atom. The van der Waals surface area contributed by atoms with Crippen LogP contribution in [0.1, 0.15) is 7.43 Å². The lowest BCUT2D eigenvalue weighted by Crippen LogP contribution is -2.03. The lowest BCUT2D eigenvalue weighted by atomic mass is 9.93. The van der Waals surface area contributed by atoms with Gasteiger partial charge in [-0.3, -0.25) is 0 Å². The molecule has 0 bridgehead atoms. The van der Waals surface area contributed by atoms with Crippen LogP contribution in [0, 0.1) is 0 Å². The van der Waals surface area contributed by atoms with E-state index in [0.717, 1.165) is 33.4 Å². The Morgan fingerprint density at radius 2 is 0.833 bits per heavy atom. The third-order valence-corrected chi connectivity index (χ3v) is 9.39. The minimum absolute atomic E-state index is 0. The third kappa shape index (κ3) is 4.06. The SMILES string of the molecule is C.c1ccc(-c2nc(-c3ccccc3)nc(-c3ccccc3-n3c4cccc5c4c4c6c(cccc6ccc43)-c3ccccc3-5)n2)cc1. The molecule has 2 heterocycles. The van der Waals surface area contributed by atoms with Crippen LogP contribution in [0.25, 0.3) is 94.7 Å². The highest BCUT2D eigenvalue weighted by Gasteiger charge is 2.25. The van der Waals surface area contributed by atoms with Crippen molar-refractivity contribution in [1.29, 1.82) is 0 Å². The maximum Gasteiger partial charge on any atom is 0.166 e. The highest BCUT2D eigenvalue weighted by atomic mass is 15.1. The van der Waals surface area contributed by atoms with Crippen LogP contribution in [0.5, 0.6) is 0 Å². The van der Waals surface area contributed by atoms with Crippen LogP contribution in [0.4, 0.5) is 0 Å². The minimum Gasteiger partial charge on any atom is -0.308 e. The molecule has 48 heavy (non-hydrogen) atoms. The van der Waals surface area contributed by atoms with Crippen molar-refractivity contribution >= 4 is 32.6 Å². The molecule has 0 fully saturated rings. The van der Waals surface area contributed by atoms with Crippen LogP contribution in [0.3, 0.4) is 0 Å². The first-order valence-corrected chi connectivity index (χ1v) is 15.9. The van der Waals surface area contributed by atoms with E-state index in [1.165, 1.54) is 43.8 Å². The van der Waals surface area contributed by atoms with Gasteiger partial charge in [0.2, 0.25) is 0 Å². The Kier molecular flexibility index (Phi) is 6.31. The second-order valence-electron chi connectivity index (χ2n) is 12.0. The van der Waals surface area contributed by atoms with Gasteiger partial charge in [-0.2, -0.15) is 0 Å². The quantitative estimate of drug-likeness (QED) is 0.198. The number of fused-ring (bicyclic) bond motifs is 3. The predicted molar refractivity (Wildman–Crippen MR) is 199 cm³/mol. The highest BCUT2D eigenvalue weighted by Crippen LogP contribution is 2.49.